The van der Waals surface area contributed by atoms with Gasteiger partial charge in [-0.05, 0) is 24.6 Å². The van der Waals surface area contributed by atoms with E-state index in [9.17, 15) is 5.11 Å². The van der Waals surface area contributed by atoms with Crippen LogP contribution >= 0.6 is 0 Å². The smallest absolute Gasteiger partial charge is 0.155 e. The van der Waals surface area contributed by atoms with Crippen LogP contribution in [0.15, 0.2) is 22.8 Å². The van der Waals surface area contributed by atoms with E-state index in [1.165, 1.54) is 12.3 Å². The number of rotatable bonds is 0. The van der Waals surface area contributed by atoms with Crippen molar-refractivity contribution < 1.29 is 9.52 Å². The molecule has 0 amide bonds. The van der Waals surface area contributed by atoms with Crippen molar-refractivity contribution in [1.29, 1.82) is 5.26 Å². The standard InChI is InChI=1S/C10H7NO2.C2H6/c1-6-5-13-10-7(4-11)2-3-8(12)9(6)10;1-2/h2-3,5,12H,1H3;1-2H3. The first-order chi connectivity index (χ1) is 7.24. The third-order valence-corrected chi connectivity index (χ3v) is 2.00. The van der Waals surface area contributed by atoms with Crippen molar-refractivity contribution >= 4 is 11.0 Å². The molecular weight excluding hydrogens is 190 g/mol. The van der Waals surface area contributed by atoms with Crippen LogP contribution in [0.3, 0.4) is 0 Å². The zero-order chi connectivity index (χ0) is 11.4. The van der Waals surface area contributed by atoms with Crippen molar-refractivity contribution in [1.82, 2.24) is 0 Å². The van der Waals surface area contributed by atoms with E-state index in [2.05, 4.69) is 0 Å². The second kappa shape index (κ2) is 4.52. The van der Waals surface area contributed by atoms with Gasteiger partial charge in [-0.2, -0.15) is 5.26 Å². The van der Waals surface area contributed by atoms with Crippen LogP contribution in [0.25, 0.3) is 11.0 Å². The van der Waals surface area contributed by atoms with Crippen molar-refractivity contribution in [3.8, 4) is 11.8 Å². The maximum Gasteiger partial charge on any atom is 0.155 e. The van der Waals surface area contributed by atoms with Gasteiger partial charge in [0.05, 0.1) is 17.2 Å². The number of hydrogen-bond donors (Lipinski definition) is 1. The van der Waals surface area contributed by atoms with Crippen molar-refractivity contribution in [2.45, 2.75) is 20.8 Å². The highest BCUT2D eigenvalue weighted by molar-refractivity contribution is 5.90. The van der Waals surface area contributed by atoms with Gasteiger partial charge in [0.15, 0.2) is 5.58 Å². The first kappa shape index (κ1) is 11.1. The quantitative estimate of drug-likeness (QED) is 0.714. The molecule has 1 aromatic carbocycles. The second-order valence-corrected chi connectivity index (χ2v) is 2.87. The minimum atomic E-state index is 0.153. The van der Waals surface area contributed by atoms with Gasteiger partial charge in [-0.1, -0.05) is 13.8 Å². The van der Waals surface area contributed by atoms with Gasteiger partial charge in [0, 0.05) is 0 Å². The molecule has 0 radical (unpaired) electrons. The van der Waals surface area contributed by atoms with Crippen LogP contribution in [-0.4, -0.2) is 5.11 Å². The van der Waals surface area contributed by atoms with Crippen molar-refractivity contribution in [3.05, 3.63) is 29.5 Å². The molecule has 0 aliphatic heterocycles. The van der Waals surface area contributed by atoms with Crippen LogP contribution in [0.2, 0.25) is 0 Å². The molecule has 0 spiro atoms. The first-order valence-corrected chi connectivity index (χ1v) is 4.84. The molecule has 15 heavy (non-hydrogen) atoms. The van der Waals surface area contributed by atoms with Crippen molar-refractivity contribution in [2.24, 2.45) is 0 Å². The van der Waals surface area contributed by atoms with Gasteiger partial charge in [0.1, 0.15) is 11.8 Å². The number of aromatic hydroxyl groups is 1. The maximum atomic E-state index is 9.49. The molecule has 3 nitrogen and oxygen atoms in total. The average molecular weight is 203 g/mol. The Labute approximate surface area is 88.6 Å². The number of phenols is 1. The predicted octanol–water partition coefficient (Wildman–Crippen LogP) is 3.34. The third-order valence-electron chi connectivity index (χ3n) is 2.00. The van der Waals surface area contributed by atoms with Crippen LogP contribution in [0.4, 0.5) is 0 Å². The van der Waals surface area contributed by atoms with Gasteiger partial charge in [0.2, 0.25) is 0 Å². The highest BCUT2D eigenvalue weighted by Gasteiger charge is 2.10. The van der Waals surface area contributed by atoms with Gasteiger partial charge in [-0.25, -0.2) is 0 Å². The van der Waals surface area contributed by atoms with E-state index < -0.39 is 0 Å². The Hall–Kier alpha value is -1.95. The summed E-state index contributed by atoms with van der Waals surface area (Å²) in [7, 11) is 0. The summed E-state index contributed by atoms with van der Waals surface area (Å²) >= 11 is 0. The molecular formula is C12H13NO2. The minimum absolute atomic E-state index is 0.153. The summed E-state index contributed by atoms with van der Waals surface area (Å²) in [6, 6.07) is 5.05. The Morgan fingerprint density at radius 2 is 2.00 bits per heavy atom. The van der Waals surface area contributed by atoms with Gasteiger partial charge in [-0.3, -0.25) is 0 Å². The van der Waals surface area contributed by atoms with Crippen LogP contribution in [-0.2, 0) is 0 Å². The molecule has 0 aliphatic rings. The van der Waals surface area contributed by atoms with Crippen LogP contribution in [0, 0.1) is 18.3 Å². The zero-order valence-corrected chi connectivity index (χ0v) is 9.03. The molecule has 0 atom stereocenters. The SMILES string of the molecule is CC.Cc1coc2c(C#N)ccc(O)c12. The molecule has 0 fully saturated rings. The number of nitrogens with zero attached hydrogens (tertiary/aromatic N) is 1. The molecule has 2 aromatic rings. The highest BCUT2D eigenvalue weighted by Crippen LogP contribution is 2.31. The number of nitriles is 1. The summed E-state index contributed by atoms with van der Waals surface area (Å²) in [6.07, 6.45) is 1.53. The number of fused-ring (bicyclic) bond motifs is 1. The van der Waals surface area contributed by atoms with Crippen LogP contribution < -0.4 is 0 Å². The summed E-state index contributed by atoms with van der Waals surface area (Å²) in [5.41, 5.74) is 1.74. The Morgan fingerprint density at radius 1 is 1.33 bits per heavy atom. The zero-order valence-electron chi connectivity index (χ0n) is 9.03. The topological polar surface area (TPSA) is 57.2 Å². The lowest BCUT2D eigenvalue weighted by molar-refractivity contribution is 0.481. The molecule has 78 valence electrons. The molecule has 0 saturated carbocycles. The second-order valence-electron chi connectivity index (χ2n) is 2.87. The molecule has 1 N–H and O–H groups in total. The summed E-state index contributed by atoms with van der Waals surface area (Å²) in [6.45, 7) is 5.83. The molecule has 0 aliphatic carbocycles. The summed E-state index contributed by atoms with van der Waals surface area (Å²) < 4.78 is 5.17. The van der Waals surface area contributed by atoms with E-state index in [0.29, 0.717) is 16.5 Å². The van der Waals surface area contributed by atoms with Crippen molar-refractivity contribution in [2.75, 3.05) is 0 Å². The van der Waals surface area contributed by atoms with Gasteiger partial charge < -0.3 is 9.52 Å². The Balaban J connectivity index is 0.000000531. The maximum absolute atomic E-state index is 9.49. The van der Waals surface area contributed by atoms with Gasteiger partial charge >= 0.3 is 0 Å². The largest absolute Gasteiger partial charge is 0.507 e. The van der Waals surface area contributed by atoms with Gasteiger partial charge in [-0.15, -0.1) is 0 Å². The lowest BCUT2D eigenvalue weighted by Gasteiger charge is -1.95. The fourth-order valence-corrected chi connectivity index (χ4v) is 1.37. The average Bonchev–Trinajstić information content (AvgIpc) is 2.66. The van der Waals surface area contributed by atoms with E-state index >= 15 is 0 Å². The molecule has 1 heterocycles. The molecule has 0 saturated heterocycles. The monoisotopic (exact) mass is 203 g/mol. The number of aryl methyl sites for hydroxylation is 1. The fraction of sp³-hybridized carbons (Fsp3) is 0.250. The number of benzene rings is 1. The molecule has 3 heteroatoms. The first-order valence-electron chi connectivity index (χ1n) is 4.84. The molecule has 0 unspecified atom stereocenters. The lowest BCUT2D eigenvalue weighted by Crippen LogP contribution is -1.76. The number of hydrogen-bond acceptors (Lipinski definition) is 3. The summed E-state index contributed by atoms with van der Waals surface area (Å²) in [5.74, 6) is 0.153. The highest BCUT2D eigenvalue weighted by atomic mass is 16.3. The third kappa shape index (κ3) is 1.79. The predicted molar refractivity (Wildman–Crippen MR) is 58.7 cm³/mol. The Kier molecular flexibility index (Phi) is 3.35. The van der Waals surface area contributed by atoms with Crippen LogP contribution in [0.1, 0.15) is 25.0 Å². The summed E-state index contributed by atoms with van der Waals surface area (Å²) in [4.78, 5) is 0. The van der Waals surface area contributed by atoms with E-state index in [-0.39, 0.29) is 5.75 Å². The van der Waals surface area contributed by atoms with Gasteiger partial charge in [0.25, 0.3) is 0 Å². The molecule has 1 aromatic heterocycles. The Bertz CT molecular complexity index is 506. The van der Waals surface area contributed by atoms with E-state index in [1.807, 2.05) is 26.8 Å². The fourth-order valence-electron chi connectivity index (χ4n) is 1.37. The van der Waals surface area contributed by atoms with E-state index in [0.717, 1.165) is 5.56 Å². The lowest BCUT2D eigenvalue weighted by atomic mass is 10.1. The Morgan fingerprint density at radius 3 is 2.60 bits per heavy atom. The van der Waals surface area contributed by atoms with E-state index in [4.69, 9.17) is 9.68 Å². The normalized spacial score (nSPS) is 9.20. The molecule has 0 bridgehead atoms. The van der Waals surface area contributed by atoms with E-state index in [1.54, 1.807) is 6.07 Å². The van der Waals surface area contributed by atoms with Crippen LogP contribution in [0.5, 0.6) is 5.75 Å². The number of furan rings is 1. The molecule has 2 rings (SSSR count). The number of phenolic OH excluding ortho intramolecular Hbond substituents is 1. The van der Waals surface area contributed by atoms with Crippen molar-refractivity contribution in [3.63, 3.8) is 0 Å². The summed E-state index contributed by atoms with van der Waals surface area (Å²) in [5, 5.41) is 18.9. The minimum Gasteiger partial charge on any atom is -0.507 e.